The minimum Gasteiger partial charge on any atom is -0.489 e. The maximum absolute atomic E-state index is 13.1. The highest BCUT2D eigenvalue weighted by atomic mass is 16.5. The van der Waals surface area contributed by atoms with E-state index in [9.17, 15) is 9.59 Å². The number of aromatic amines is 1. The molecule has 1 unspecified atom stereocenters. The fourth-order valence-electron chi connectivity index (χ4n) is 3.43. The first-order chi connectivity index (χ1) is 16.2. The number of rotatable bonds is 4. The van der Waals surface area contributed by atoms with Gasteiger partial charge in [0, 0.05) is 24.4 Å². The third-order valence-corrected chi connectivity index (χ3v) is 5.19. The van der Waals surface area contributed by atoms with Crippen LogP contribution in [-0.2, 0) is 11.2 Å². The van der Waals surface area contributed by atoms with Gasteiger partial charge in [0.25, 0.3) is 11.8 Å². The summed E-state index contributed by atoms with van der Waals surface area (Å²) in [5.41, 5.74) is 2.29. The number of fused-ring (bicyclic) bond motifs is 1. The van der Waals surface area contributed by atoms with E-state index in [1.54, 1.807) is 13.1 Å². The number of aromatic nitrogens is 3. The van der Waals surface area contributed by atoms with Gasteiger partial charge in [-0.15, -0.1) is 5.10 Å². The summed E-state index contributed by atoms with van der Waals surface area (Å²) in [5.74, 6) is 6.58. The number of H-pyrrole nitrogens is 1. The summed E-state index contributed by atoms with van der Waals surface area (Å²) in [5, 5.41) is 9.49. The zero-order valence-corrected chi connectivity index (χ0v) is 19.7. The highest BCUT2D eigenvalue weighted by Gasteiger charge is 2.31. The zero-order valence-electron chi connectivity index (χ0n) is 19.7. The number of benzene rings is 2. The number of amides is 2. The summed E-state index contributed by atoms with van der Waals surface area (Å²) in [6.45, 7) is 6.10. The van der Waals surface area contributed by atoms with Gasteiger partial charge < -0.3 is 15.0 Å². The van der Waals surface area contributed by atoms with Gasteiger partial charge in [0.15, 0.2) is 0 Å². The van der Waals surface area contributed by atoms with Crippen molar-refractivity contribution in [2.45, 2.75) is 33.2 Å². The Morgan fingerprint density at radius 1 is 1.24 bits per heavy atom. The maximum atomic E-state index is 13.1. The fourth-order valence-corrected chi connectivity index (χ4v) is 3.43. The van der Waals surface area contributed by atoms with Gasteiger partial charge in [-0.1, -0.05) is 42.2 Å². The van der Waals surface area contributed by atoms with Crippen LogP contribution in [0.25, 0.3) is 0 Å². The largest absolute Gasteiger partial charge is 0.489 e. The molecular weight excluding hydrogens is 430 g/mol. The van der Waals surface area contributed by atoms with Crippen molar-refractivity contribution in [3.8, 4) is 17.6 Å². The van der Waals surface area contributed by atoms with Crippen LogP contribution in [0.3, 0.4) is 0 Å². The predicted molar refractivity (Wildman–Crippen MR) is 129 cm³/mol. The van der Waals surface area contributed by atoms with Gasteiger partial charge in [-0.3, -0.25) is 14.7 Å². The minimum atomic E-state index is -0.884. The molecule has 0 saturated carbocycles. The molecule has 1 aliphatic heterocycles. The quantitative estimate of drug-likeness (QED) is 0.587. The fraction of sp³-hybridized carbons (Fsp3) is 0.308. The van der Waals surface area contributed by atoms with Crippen molar-refractivity contribution in [1.29, 1.82) is 0 Å². The molecule has 174 valence electrons. The number of hydrogen-bond donors (Lipinski definition) is 2. The molecule has 0 aliphatic carbocycles. The van der Waals surface area contributed by atoms with Crippen LogP contribution in [0.15, 0.2) is 48.5 Å². The van der Waals surface area contributed by atoms with Crippen LogP contribution >= 0.6 is 0 Å². The molecule has 0 fully saturated rings. The molecular formula is C26H27N5O3. The Balaban J connectivity index is 1.46. The van der Waals surface area contributed by atoms with E-state index in [2.05, 4.69) is 32.3 Å². The molecule has 0 radical (unpaired) electrons. The monoisotopic (exact) mass is 457 g/mol. The Bertz CT molecular complexity index is 1260. The lowest BCUT2D eigenvalue weighted by Crippen LogP contribution is -2.49. The predicted octanol–water partition coefficient (Wildman–Crippen LogP) is 2.95. The Labute approximate surface area is 198 Å². The molecule has 0 saturated heterocycles. The first-order valence-electron chi connectivity index (χ1n) is 11.0. The van der Waals surface area contributed by atoms with Crippen molar-refractivity contribution < 1.29 is 14.3 Å². The Hall–Kier alpha value is -4.12. The van der Waals surface area contributed by atoms with Crippen molar-refractivity contribution in [2.24, 2.45) is 5.41 Å². The van der Waals surface area contributed by atoms with Gasteiger partial charge in [-0.05, 0) is 44.5 Å². The van der Waals surface area contributed by atoms with E-state index in [0.29, 0.717) is 23.7 Å². The van der Waals surface area contributed by atoms with Crippen LogP contribution in [0.5, 0.6) is 5.75 Å². The Morgan fingerprint density at radius 2 is 2.00 bits per heavy atom. The molecule has 3 aromatic rings. The second-order valence-corrected chi connectivity index (χ2v) is 9.18. The van der Waals surface area contributed by atoms with Crippen molar-refractivity contribution >= 4 is 17.5 Å². The van der Waals surface area contributed by atoms with Gasteiger partial charge in [0.05, 0.1) is 5.69 Å². The van der Waals surface area contributed by atoms with Crippen LogP contribution in [0, 0.1) is 17.3 Å². The summed E-state index contributed by atoms with van der Waals surface area (Å²) in [6.07, 6.45) is 0.519. The summed E-state index contributed by atoms with van der Waals surface area (Å²) in [4.78, 5) is 31.6. The molecule has 0 bridgehead atoms. The van der Waals surface area contributed by atoms with Crippen LogP contribution in [-0.4, -0.2) is 46.7 Å². The van der Waals surface area contributed by atoms with Gasteiger partial charge in [0.2, 0.25) is 5.82 Å². The van der Waals surface area contributed by atoms with Crippen molar-refractivity contribution in [1.82, 2.24) is 20.5 Å². The lowest BCUT2D eigenvalue weighted by molar-refractivity contribution is -0.120. The number of carbonyl (C=O) groups excluding carboxylic acids is 2. The molecule has 34 heavy (non-hydrogen) atoms. The third kappa shape index (κ3) is 5.44. The second kappa shape index (κ2) is 9.40. The van der Waals surface area contributed by atoms with Crippen molar-refractivity contribution in [2.75, 3.05) is 18.6 Å². The number of anilines is 1. The molecule has 2 aromatic carbocycles. The Kier molecular flexibility index (Phi) is 6.37. The number of nitrogens with one attached hydrogen (secondary N) is 2. The van der Waals surface area contributed by atoms with Crippen molar-refractivity contribution in [3.63, 3.8) is 0 Å². The summed E-state index contributed by atoms with van der Waals surface area (Å²) < 4.78 is 5.85. The molecule has 1 aromatic heterocycles. The molecule has 2 amide bonds. The molecule has 2 heterocycles. The van der Waals surface area contributed by atoms with E-state index in [1.807, 2.05) is 63.2 Å². The van der Waals surface area contributed by atoms with Crippen LogP contribution in [0.1, 0.15) is 48.3 Å². The first kappa shape index (κ1) is 23.1. The lowest BCUT2D eigenvalue weighted by atomic mass is 9.97. The summed E-state index contributed by atoms with van der Waals surface area (Å²) >= 11 is 0. The maximum Gasteiger partial charge on any atom is 0.291 e. The normalized spacial score (nSPS) is 15.5. The van der Waals surface area contributed by atoms with Crippen LogP contribution in [0.2, 0.25) is 0 Å². The van der Waals surface area contributed by atoms with Gasteiger partial charge in [-0.2, -0.15) is 0 Å². The number of nitrogens with zero attached hydrogens (tertiary/aromatic N) is 3. The first-order valence-corrected chi connectivity index (χ1v) is 11.0. The van der Waals surface area contributed by atoms with E-state index in [1.165, 1.54) is 4.90 Å². The third-order valence-electron chi connectivity index (χ3n) is 5.19. The Morgan fingerprint density at radius 3 is 2.74 bits per heavy atom. The second-order valence-electron chi connectivity index (χ2n) is 9.18. The number of ether oxygens (including phenoxy) is 1. The lowest BCUT2D eigenvalue weighted by Gasteiger charge is -2.20. The SMILES string of the molecule is CN1C(=O)C(NC(=O)c2n[nH]c(Cc3ccccc3)n2)COc2ccc(C#CC(C)(C)C)cc21. The van der Waals surface area contributed by atoms with E-state index < -0.39 is 11.9 Å². The van der Waals surface area contributed by atoms with Gasteiger partial charge >= 0.3 is 0 Å². The average Bonchev–Trinajstić information content (AvgIpc) is 3.24. The number of carbonyl (C=O) groups is 2. The average molecular weight is 458 g/mol. The van der Waals surface area contributed by atoms with Crippen LogP contribution < -0.4 is 15.0 Å². The van der Waals surface area contributed by atoms with E-state index in [0.717, 1.165) is 11.1 Å². The van der Waals surface area contributed by atoms with Crippen molar-refractivity contribution in [3.05, 3.63) is 71.3 Å². The number of hydrogen-bond acceptors (Lipinski definition) is 5. The summed E-state index contributed by atoms with van der Waals surface area (Å²) in [7, 11) is 1.65. The standard InChI is InChI=1S/C26H27N5O3/c1-26(2,3)13-12-18-10-11-21-20(14-18)31(4)25(33)19(16-34-21)27-24(32)23-28-22(29-30-23)15-17-8-6-5-7-9-17/h5-11,14,19H,15-16H2,1-4H3,(H,27,32)(H,28,29,30). The van der Waals surface area contributed by atoms with Gasteiger partial charge in [0.1, 0.15) is 24.2 Å². The van der Waals surface area contributed by atoms with E-state index >= 15 is 0 Å². The van der Waals surface area contributed by atoms with E-state index in [4.69, 9.17) is 4.74 Å². The molecule has 1 aliphatic rings. The molecule has 8 nitrogen and oxygen atoms in total. The molecule has 1 atom stereocenters. The minimum absolute atomic E-state index is 0.00375. The molecule has 8 heteroatoms. The molecule has 4 rings (SSSR count). The zero-order chi connectivity index (χ0) is 24.3. The van der Waals surface area contributed by atoms with Gasteiger partial charge in [-0.25, -0.2) is 4.98 Å². The topological polar surface area (TPSA) is 100 Å². The highest BCUT2D eigenvalue weighted by Crippen LogP contribution is 2.31. The smallest absolute Gasteiger partial charge is 0.291 e. The number of likely N-dealkylation sites (N-methyl/N-ethyl adjacent to an activating group) is 1. The molecule has 0 spiro atoms. The van der Waals surface area contributed by atoms with Crippen LogP contribution in [0.4, 0.5) is 5.69 Å². The summed E-state index contributed by atoms with van der Waals surface area (Å²) in [6, 6.07) is 14.3. The molecule has 2 N–H and O–H groups in total. The van der Waals surface area contributed by atoms with E-state index in [-0.39, 0.29) is 23.8 Å². The highest BCUT2D eigenvalue weighted by molar-refractivity contribution is 6.02.